The molecule has 8 heteroatoms. The van der Waals surface area contributed by atoms with Crippen molar-refractivity contribution < 1.29 is 28.9 Å². The van der Waals surface area contributed by atoms with E-state index in [2.05, 4.69) is 5.32 Å². The fraction of sp³-hybridized carbons (Fsp3) is 0.357. The van der Waals surface area contributed by atoms with Gasteiger partial charge in [-0.1, -0.05) is 35.9 Å². The predicted molar refractivity (Wildman–Crippen MR) is 133 cm³/mol. The number of allylic oxidation sites excluding steroid dienone is 1. The fourth-order valence-corrected chi connectivity index (χ4v) is 4.87. The van der Waals surface area contributed by atoms with Gasteiger partial charge < -0.3 is 25.2 Å². The number of amides is 2. The number of hydrogen-bond donors (Lipinski definition) is 3. The van der Waals surface area contributed by atoms with Crippen LogP contribution in [-0.2, 0) is 16.0 Å². The molecule has 4 rings (SSSR count). The first-order chi connectivity index (χ1) is 17.3. The number of aliphatic hydroxyl groups excluding tert-OH is 2. The number of halogens is 1. The molecular weight excluding hydrogens is 463 g/mol. The first-order valence-corrected chi connectivity index (χ1v) is 12.0. The van der Waals surface area contributed by atoms with E-state index in [0.29, 0.717) is 23.3 Å². The van der Waals surface area contributed by atoms with Crippen molar-refractivity contribution in [3.63, 3.8) is 0 Å². The van der Waals surface area contributed by atoms with Gasteiger partial charge >= 0.3 is 0 Å². The maximum absolute atomic E-state index is 13.7. The van der Waals surface area contributed by atoms with Crippen LogP contribution >= 0.6 is 0 Å². The van der Waals surface area contributed by atoms with E-state index in [-0.39, 0.29) is 31.4 Å². The first kappa shape index (κ1) is 25.6. The van der Waals surface area contributed by atoms with Gasteiger partial charge in [0.05, 0.1) is 18.6 Å². The number of hydrogen-bond acceptors (Lipinski definition) is 5. The molecule has 2 amide bonds. The van der Waals surface area contributed by atoms with Crippen molar-refractivity contribution in [2.45, 2.75) is 44.4 Å². The molecule has 0 bridgehead atoms. The van der Waals surface area contributed by atoms with Gasteiger partial charge in [0.15, 0.2) is 0 Å². The standard InChI is InChI=1S/C28H31FN2O5/c1-17(2)14-24(33)31(12-10-18-6-5-7-19(29)15-18)22-16-21(28(35)30-11-13-32)25-20-8-3-4-9-23(20)36-27(25)26(22)34/h3-9,14-16,22,25-27,32,34H,10-13H2,1-2H3,(H,30,35). The zero-order chi connectivity index (χ0) is 25.8. The minimum Gasteiger partial charge on any atom is -0.486 e. The Morgan fingerprint density at radius 1 is 1.17 bits per heavy atom. The van der Waals surface area contributed by atoms with Crippen molar-refractivity contribution in [3.8, 4) is 5.75 Å². The summed E-state index contributed by atoms with van der Waals surface area (Å²) in [5.41, 5.74) is 2.65. The summed E-state index contributed by atoms with van der Waals surface area (Å²) in [6, 6.07) is 12.6. The second-order valence-electron chi connectivity index (χ2n) is 9.31. The highest BCUT2D eigenvalue weighted by molar-refractivity contribution is 5.96. The van der Waals surface area contributed by atoms with E-state index in [4.69, 9.17) is 4.74 Å². The maximum Gasteiger partial charge on any atom is 0.247 e. The van der Waals surface area contributed by atoms with Crippen molar-refractivity contribution >= 4 is 11.8 Å². The van der Waals surface area contributed by atoms with Gasteiger partial charge in [-0.05, 0) is 50.1 Å². The van der Waals surface area contributed by atoms with Crippen LogP contribution in [0.25, 0.3) is 0 Å². The van der Waals surface area contributed by atoms with Crippen molar-refractivity contribution in [1.29, 1.82) is 0 Å². The number of ether oxygens (including phenoxy) is 1. The summed E-state index contributed by atoms with van der Waals surface area (Å²) >= 11 is 0. The zero-order valence-electron chi connectivity index (χ0n) is 20.4. The van der Waals surface area contributed by atoms with E-state index >= 15 is 0 Å². The molecule has 1 aliphatic carbocycles. The molecule has 0 saturated carbocycles. The Balaban J connectivity index is 1.72. The predicted octanol–water partition coefficient (Wildman–Crippen LogP) is 2.49. The second kappa shape index (κ2) is 11.1. The molecule has 0 radical (unpaired) electrons. The monoisotopic (exact) mass is 494 g/mol. The summed E-state index contributed by atoms with van der Waals surface area (Å²) in [6.45, 7) is 3.65. The number of benzene rings is 2. The summed E-state index contributed by atoms with van der Waals surface area (Å²) in [4.78, 5) is 28.0. The Hall–Kier alpha value is -3.49. The van der Waals surface area contributed by atoms with Crippen LogP contribution in [0.1, 0.15) is 30.9 Å². The second-order valence-corrected chi connectivity index (χ2v) is 9.31. The lowest BCUT2D eigenvalue weighted by atomic mass is 9.77. The van der Waals surface area contributed by atoms with E-state index < -0.39 is 30.1 Å². The van der Waals surface area contributed by atoms with Crippen LogP contribution in [0, 0.1) is 5.82 Å². The third-order valence-corrected chi connectivity index (χ3v) is 6.46. The van der Waals surface area contributed by atoms with Crippen LogP contribution in [-0.4, -0.2) is 64.9 Å². The summed E-state index contributed by atoms with van der Waals surface area (Å²) in [6.07, 6.45) is 1.58. The molecule has 4 atom stereocenters. The average molecular weight is 495 g/mol. The third-order valence-electron chi connectivity index (χ3n) is 6.46. The zero-order valence-corrected chi connectivity index (χ0v) is 20.4. The molecule has 2 aliphatic rings. The van der Waals surface area contributed by atoms with Gasteiger partial charge in [-0.15, -0.1) is 0 Å². The number of fused-ring (bicyclic) bond motifs is 3. The maximum atomic E-state index is 13.7. The van der Waals surface area contributed by atoms with Crippen LogP contribution in [0.15, 0.2) is 71.8 Å². The van der Waals surface area contributed by atoms with Crippen molar-refractivity contribution in [3.05, 3.63) is 88.8 Å². The van der Waals surface area contributed by atoms with Gasteiger partial charge in [-0.2, -0.15) is 0 Å². The van der Waals surface area contributed by atoms with Gasteiger partial charge in [0.1, 0.15) is 23.8 Å². The highest BCUT2D eigenvalue weighted by Crippen LogP contribution is 2.47. The van der Waals surface area contributed by atoms with Crippen molar-refractivity contribution in [2.75, 3.05) is 19.7 Å². The number of aliphatic hydroxyl groups is 2. The molecule has 0 fully saturated rings. The van der Waals surface area contributed by atoms with Crippen molar-refractivity contribution in [2.24, 2.45) is 0 Å². The van der Waals surface area contributed by atoms with E-state index in [1.807, 2.05) is 18.2 Å². The van der Waals surface area contributed by atoms with Gasteiger partial charge in [-0.3, -0.25) is 9.59 Å². The Morgan fingerprint density at radius 3 is 2.67 bits per heavy atom. The number of carbonyl (C=O) groups is 2. The Morgan fingerprint density at radius 2 is 1.94 bits per heavy atom. The van der Waals surface area contributed by atoms with Crippen LogP contribution in [0.5, 0.6) is 5.75 Å². The normalized spacial score (nSPS) is 22.0. The first-order valence-electron chi connectivity index (χ1n) is 12.0. The SMILES string of the molecule is CC(C)=CC(=O)N(CCc1cccc(F)c1)C1C=C(C(=O)NCCO)C2c3ccccc3OC2C1O. The summed E-state index contributed by atoms with van der Waals surface area (Å²) < 4.78 is 19.8. The number of carbonyl (C=O) groups excluding carboxylic acids is 2. The third kappa shape index (κ3) is 5.34. The van der Waals surface area contributed by atoms with E-state index in [9.17, 15) is 24.2 Å². The largest absolute Gasteiger partial charge is 0.486 e. The molecule has 2 aromatic rings. The molecule has 4 unspecified atom stereocenters. The molecule has 2 aromatic carbocycles. The smallest absolute Gasteiger partial charge is 0.247 e. The van der Waals surface area contributed by atoms with E-state index in [1.54, 1.807) is 38.1 Å². The number of para-hydroxylation sites is 1. The average Bonchev–Trinajstić information content (AvgIpc) is 3.23. The van der Waals surface area contributed by atoms with Crippen LogP contribution in [0.3, 0.4) is 0 Å². The molecule has 0 saturated heterocycles. The Kier molecular flexibility index (Phi) is 7.86. The van der Waals surface area contributed by atoms with E-state index in [0.717, 1.165) is 11.1 Å². The lowest BCUT2D eigenvalue weighted by Gasteiger charge is -2.40. The lowest BCUT2D eigenvalue weighted by Crippen LogP contribution is -2.56. The lowest BCUT2D eigenvalue weighted by molar-refractivity contribution is -0.132. The summed E-state index contributed by atoms with van der Waals surface area (Å²) in [5, 5.41) is 23.4. The highest BCUT2D eigenvalue weighted by Gasteiger charge is 2.50. The van der Waals surface area contributed by atoms with Gasteiger partial charge in [0, 0.05) is 30.3 Å². The number of nitrogens with one attached hydrogen (secondary N) is 1. The van der Waals surface area contributed by atoms with Gasteiger partial charge in [-0.25, -0.2) is 4.39 Å². The van der Waals surface area contributed by atoms with Crippen LogP contribution in [0.2, 0.25) is 0 Å². The summed E-state index contributed by atoms with van der Waals surface area (Å²) in [5.74, 6) is -1.02. The molecule has 1 aliphatic heterocycles. The molecule has 0 aromatic heterocycles. The number of rotatable bonds is 8. The molecule has 0 spiro atoms. The molecular formula is C28H31FN2O5. The molecule has 1 heterocycles. The Bertz CT molecular complexity index is 1190. The Labute approximate surface area is 209 Å². The molecule has 7 nitrogen and oxygen atoms in total. The van der Waals surface area contributed by atoms with E-state index in [1.165, 1.54) is 23.1 Å². The topological polar surface area (TPSA) is 99.1 Å². The van der Waals surface area contributed by atoms with Gasteiger partial charge in [0.2, 0.25) is 11.8 Å². The molecule has 36 heavy (non-hydrogen) atoms. The summed E-state index contributed by atoms with van der Waals surface area (Å²) in [7, 11) is 0. The molecule has 190 valence electrons. The highest BCUT2D eigenvalue weighted by atomic mass is 19.1. The van der Waals surface area contributed by atoms with Gasteiger partial charge in [0.25, 0.3) is 0 Å². The van der Waals surface area contributed by atoms with Crippen molar-refractivity contribution in [1.82, 2.24) is 10.2 Å². The minimum absolute atomic E-state index is 0.0727. The van der Waals surface area contributed by atoms with Crippen LogP contribution < -0.4 is 10.1 Å². The quantitative estimate of drug-likeness (QED) is 0.490. The minimum atomic E-state index is -1.11. The number of nitrogens with zero attached hydrogens (tertiary/aromatic N) is 1. The molecule has 3 N–H and O–H groups in total. The van der Waals surface area contributed by atoms with Crippen LogP contribution in [0.4, 0.5) is 4.39 Å². The fourth-order valence-electron chi connectivity index (χ4n) is 4.87.